The second kappa shape index (κ2) is 10.2. The Kier molecular flexibility index (Phi) is 5.78. The zero-order valence-corrected chi connectivity index (χ0v) is 24.2. The van der Waals surface area contributed by atoms with Gasteiger partial charge in [0.1, 0.15) is 11.5 Å². The first-order valence-electron chi connectivity index (χ1n) is 15.0. The molecule has 0 aliphatic carbocycles. The molecule has 45 heavy (non-hydrogen) atoms. The molecule has 0 saturated heterocycles. The molecule has 1 aliphatic rings. The van der Waals surface area contributed by atoms with Gasteiger partial charge in [-0.25, -0.2) is 15.0 Å². The molecule has 0 bridgehead atoms. The maximum Gasteiger partial charge on any atom is 0.164 e. The van der Waals surface area contributed by atoms with Crippen LogP contribution in [0.2, 0.25) is 0 Å². The van der Waals surface area contributed by atoms with Gasteiger partial charge in [0.15, 0.2) is 17.5 Å². The van der Waals surface area contributed by atoms with Crippen molar-refractivity contribution in [2.24, 2.45) is 0 Å². The first kappa shape index (κ1) is 25.4. The van der Waals surface area contributed by atoms with Gasteiger partial charge >= 0.3 is 0 Å². The van der Waals surface area contributed by atoms with Gasteiger partial charge in [-0.3, -0.25) is 0 Å². The Morgan fingerprint density at radius 1 is 0.333 bits per heavy atom. The summed E-state index contributed by atoms with van der Waals surface area (Å²) in [6, 6.07) is 52.3. The number of hydrogen-bond acceptors (Lipinski definition) is 4. The summed E-state index contributed by atoms with van der Waals surface area (Å²) in [5, 5.41) is 4.74. The van der Waals surface area contributed by atoms with Crippen molar-refractivity contribution < 1.29 is 4.74 Å². The van der Waals surface area contributed by atoms with Crippen LogP contribution >= 0.6 is 0 Å². The van der Waals surface area contributed by atoms with Gasteiger partial charge in [-0.05, 0) is 63.2 Å². The van der Waals surface area contributed by atoms with E-state index < -0.39 is 0 Å². The van der Waals surface area contributed by atoms with Crippen molar-refractivity contribution in [2.75, 3.05) is 0 Å². The molecule has 0 unspecified atom stereocenters. The van der Waals surface area contributed by atoms with Gasteiger partial charge in [0.2, 0.25) is 0 Å². The molecular weight excluding hydrogens is 550 g/mol. The molecule has 0 radical (unpaired) electrons. The van der Waals surface area contributed by atoms with Gasteiger partial charge in [-0.2, -0.15) is 0 Å². The molecule has 1 aromatic heterocycles. The summed E-state index contributed by atoms with van der Waals surface area (Å²) < 4.78 is 6.34. The number of rotatable bonds is 4. The Morgan fingerprint density at radius 3 is 1.73 bits per heavy atom. The minimum absolute atomic E-state index is 0.617. The van der Waals surface area contributed by atoms with Crippen molar-refractivity contribution in [1.82, 2.24) is 15.0 Å². The van der Waals surface area contributed by atoms with E-state index in [-0.39, 0.29) is 0 Å². The monoisotopic (exact) mass is 575 g/mol. The molecular formula is C41H25N3O. The highest BCUT2D eigenvalue weighted by Gasteiger charge is 2.21. The van der Waals surface area contributed by atoms with E-state index in [1.807, 2.05) is 54.6 Å². The molecule has 9 rings (SSSR count). The van der Waals surface area contributed by atoms with E-state index >= 15 is 0 Å². The smallest absolute Gasteiger partial charge is 0.164 e. The number of aromatic nitrogens is 3. The Labute approximate surface area is 260 Å². The lowest BCUT2D eigenvalue weighted by Gasteiger charge is -2.21. The normalized spacial score (nSPS) is 11.7. The number of nitrogens with zero attached hydrogens (tertiary/aromatic N) is 3. The molecule has 1 aliphatic heterocycles. The predicted molar refractivity (Wildman–Crippen MR) is 182 cm³/mol. The lowest BCUT2D eigenvalue weighted by atomic mass is 9.93. The van der Waals surface area contributed by atoms with Crippen LogP contribution < -0.4 is 4.74 Å². The number of fused-ring (bicyclic) bond motifs is 3. The molecule has 2 heterocycles. The molecule has 0 amide bonds. The Balaban J connectivity index is 1.15. The molecule has 7 aromatic carbocycles. The van der Waals surface area contributed by atoms with Crippen molar-refractivity contribution >= 4 is 21.5 Å². The minimum atomic E-state index is 0.617. The van der Waals surface area contributed by atoms with Gasteiger partial charge in [-0.1, -0.05) is 121 Å². The van der Waals surface area contributed by atoms with E-state index in [0.29, 0.717) is 17.5 Å². The van der Waals surface area contributed by atoms with E-state index in [1.165, 1.54) is 16.3 Å². The third-order valence-corrected chi connectivity index (χ3v) is 8.51. The molecule has 0 saturated carbocycles. The molecule has 0 fully saturated rings. The SMILES string of the molecule is c1ccc(-c2nc(-c3ccc(-c4ccc5ccccc5c4)cc3)nc(-c3ccc4c(c3)-c3cccc5cccc(c35)O4)n2)cc1. The lowest BCUT2D eigenvalue weighted by Crippen LogP contribution is -2.01. The minimum Gasteiger partial charge on any atom is -0.456 e. The van der Waals surface area contributed by atoms with Crippen LogP contribution in [-0.2, 0) is 0 Å². The van der Waals surface area contributed by atoms with E-state index in [9.17, 15) is 0 Å². The van der Waals surface area contributed by atoms with Crippen LogP contribution in [0.25, 0.3) is 78.0 Å². The fourth-order valence-corrected chi connectivity index (χ4v) is 6.23. The fraction of sp³-hybridized carbons (Fsp3) is 0. The van der Waals surface area contributed by atoms with Gasteiger partial charge in [0, 0.05) is 27.6 Å². The van der Waals surface area contributed by atoms with E-state index in [0.717, 1.165) is 55.7 Å². The summed E-state index contributed by atoms with van der Waals surface area (Å²) in [6.45, 7) is 0. The second-order valence-electron chi connectivity index (χ2n) is 11.3. The average molecular weight is 576 g/mol. The number of hydrogen-bond donors (Lipinski definition) is 0. The van der Waals surface area contributed by atoms with Crippen molar-refractivity contribution in [3.05, 3.63) is 152 Å². The fourth-order valence-electron chi connectivity index (χ4n) is 6.23. The zero-order valence-electron chi connectivity index (χ0n) is 24.2. The molecule has 210 valence electrons. The highest BCUT2D eigenvalue weighted by molar-refractivity contribution is 6.04. The van der Waals surface area contributed by atoms with Gasteiger partial charge in [-0.15, -0.1) is 0 Å². The van der Waals surface area contributed by atoms with Crippen molar-refractivity contribution in [1.29, 1.82) is 0 Å². The van der Waals surface area contributed by atoms with E-state index in [2.05, 4.69) is 97.1 Å². The lowest BCUT2D eigenvalue weighted by molar-refractivity contribution is 0.487. The second-order valence-corrected chi connectivity index (χ2v) is 11.3. The topological polar surface area (TPSA) is 47.9 Å². The van der Waals surface area contributed by atoms with Crippen LogP contribution in [0.4, 0.5) is 0 Å². The van der Waals surface area contributed by atoms with Crippen LogP contribution in [-0.4, -0.2) is 15.0 Å². The summed E-state index contributed by atoms with van der Waals surface area (Å²) in [5.41, 5.74) is 7.27. The van der Waals surface area contributed by atoms with Crippen molar-refractivity contribution in [2.45, 2.75) is 0 Å². The third-order valence-electron chi connectivity index (χ3n) is 8.51. The van der Waals surface area contributed by atoms with Gasteiger partial charge in [0.25, 0.3) is 0 Å². The highest BCUT2D eigenvalue weighted by Crippen LogP contribution is 2.47. The van der Waals surface area contributed by atoms with Crippen LogP contribution in [0.3, 0.4) is 0 Å². The van der Waals surface area contributed by atoms with Crippen LogP contribution in [0.5, 0.6) is 11.5 Å². The molecule has 4 heteroatoms. The summed E-state index contributed by atoms with van der Waals surface area (Å²) in [4.78, 5) is 14.9. The Hall–Kier alpha value is -6.13. The molecule has 4 nitrogen and oxygen atoms in total. The van der Waals surface area contributed by atoms with Gasteiger partial charge in [0.05, 0.1) is 0 Å². The third kappa shape index (κ3) is 4.43. The Morgan fingerprint density at radius 2 is 0.933 bits per heavy atom. The largest absolute Gasteiger partial charge is 0.456 e. The van der Waals surface area contributed by atoms with E-state index in [4.69, 9.17) is 19.7 Å². The molecule has 0 N–H and O–H groups in total. The average Bonchev–Trinajstić information content (AvgIpc) is 3.12. The quantitative estimate of drug-likeness (QED) is 0.209. The van der Waals surface area contributed by atoms with Gasteiger partial charge < -0.3 is 4.74 Å². The maximum absolute atomic E-state index is 6.34. The summed E-state index contributed by atoms with van der Waals surface area (Å²) >= 11 is 0. The summed E-state index contributed by atoms with van der Waals surface area (Å²) in [5.74, 6) is 3.59. The van der Waals surface area contributed by atoms with Crippen molar-refractivity contribution in [3.8, 4) is 67.9 Å². The Bertz CT molecular complexity index is 2390. The predicted octanol–water partition coefficient (Wildman–Crippen LogP) is 10.6. The summed E-state index contributed by atoms with van der Waals surface area (Å²) in [6.07, 6.45) is 0. The maximum atomic E-state index is 6.34. The highest BCUT2D eigenvalue weighted by atomic mass is 16.5. The van der Waals surface area contributed by atoms with Crippen molar-refractivity contribution in [3.63, 3.8) is 0 Å². The van der Waals surface area contributed by atoms with Crippen LogP contribution in [0, 0.1) is 0 Å². The van der Waals surface area contributed by atoms with Crippen LogP contribution in [0.1, 0.15) is 0 Å². The molecule has 8 aromatic rings. The first-order chi connectivity index (χ1) is 22.3. The standard InChI is InChI=1S/C41H25N3O/c1-2-9-29(10-3-1)39-42-40(30-19-16-27(17-20-30)32-21-18-26-8-4-5-11-31(26)24-32)44-41(43-39)33-22-23-36-35(25-33)34-14-6-12-28-13-7-15-37(45-36)38(28)34/h1-25H. The van der Waals surface area contributed by atoms with E-state index in [1.54, 1.807) is 0 Å². The first-order valence-corrected chi connectivity index (χ1v) is 15.0. The molecule has 0 spiro atoms. The zero-order chi connectivity index (χ0) is 29.7. The van der Waals surface area contributed by atoms with Crippen LogP contribution in [0.15, 0.2) is 152 Å². The number of benzene rings is 7. The number of ether oxygens (including phenoxy) is 1. The summed E-state index contributed by atoms with van der Waals surface area (Å²) in [7, 11) is 0. The molecule has 0 atom stereocenters.